The van der Waals surface area contributed by atoms with Crippen LogP contribution in [0.4, 0.5) is 5.69 Å². The van der Waals surface area contributed by atoms with E-state index in [1.807, 2.05) is 41.3 Å². The Morgan fingerprint density at radius 2 is 1.61 bits per heavy atom. The minimum absolute atomic E-state index is 0.0799. The van der Waals surface area contributed by atoms with Gasteiger partial charge >= 0.3 is 0 Å². The summed E-state index contributed by atoms with van der Waals surface area (Å²) in [6.07, 6.45) is 0.331. The topological polar surface area (TPSA) is 62.3 Å². The van der Waals surface area contributed by atoms with Gasteiger partial charge in [-0.15, -0.1) is 0 Å². The molecule has 0 radical (unpaired) electrons. The lowest BCUT2D eigenvalue weighted by molar-refractivity contribution is -0.145. The number of piperazine rings is 1. The van der Waals surface area contributed by atoms with Gasteiger partial charge in [0.05, 0.1) is 6.54 Å². The highest BCUT2D eigenvalue weighted by atomic mass is 16.6. The number of carbonyl (C=O) groups excluding carboxylic acids is 2. The Morgan fingerprint density at radius 1 is 0.935 bits per heavy atom. The number of para-hydroxylation sites is 3. The maximum absolute atomic E-state index is 13.0. The molecule has 0 aliphatic carbocycles. The maximum Gasteiger partial charge on any atom is 0.267 e. The number of ether oxygens (including phenoxy) is 2. The number of benzene rings is 2. The van der Waals surface area contributed by atoms with Crippen LogP contribution in [0.5, 0.6) is 11.5 Å². The van der Waals surface area contributed by atoms with E-state index in [1.165, 1.54) is 5.56 Å². The molecule has 2 amide bonds. The lowest BCUT2D eigenvalue weighted by Crippen LogP contribution is -2.56. The molecule has 31 heavy (non-hydrogen) atoms. The minimum Gasteiger partial charge on any atom is -0.485 e. The molecule has 3 heterocycles. The summed E-state index contributed by atoms with van der Waals surface area (Å²) < 4.78 is 11.5. The molecule has 0 saturated carbocycles. The molecule has 7 nitrogen and oxygen atoms in total. The second kappa shape index (κ2) is 8.13. The molecule has 0 spiro atoms. The van der Waals surface area contributed by atoms with E-state index in [1.54, 1.807) is 4.90 Å². The number of rotatable bonds is 3. The molecule has 2 atom stereocenters. The molecular weight excluding hydrogens is 394 g/mol. The number of amides is 2. The average Bonchev–Trinajstić information content (AvgIpc) is 3.13. The van der Waals surface area contributed by atoms with Crippen LogP contribution in [0.25, 0.3) is 0 Å². The number of hydrogen-bond acceptors (Lipinski definition) is 5. The van der Waals surface area contributed by atoms with Crippen molar-refractivity contribution in [1.29, 1.82) is 0 Å². The summed E-state index contributed by atoms with van der Waals surface area (Å²) in [5, 5.41) is 0. The first-order valence-electron chi connectivity index (χ1n) is 10.9. The Balaban J connectivity index is 1.16. The van der Waals surface area contributed by atoms with Crippen molar-refractivity contribution in [3.63, 3.8) is 0 Å². The zero-order chi connectivity index (χ0) is 21.4. The van der Waals surface area contributed by atoms with Crippen LogP contribution < -0.4 is 14.4 Å². The van der Waals surface area contributed by atoms with Crippen molar-refractivity contribution in [1.82, 2.24) is 9.80 Å². The SMILES string of the molecule is C[C@@H]1Cc2ccccc2N1CC(=O)N1CCN(C(=O)[C@H]2COc3ccccc3O2)CC1. The lowest BCUT2D eigenvalue weighted by Gasteiger charge is -2.38. The van der Waals surface area contributed by atoms with Crippen molar-refractivity contribution in [3.05, 3.63) is 54.1 Å². The van der Waals surface area contributed by atoms with Gasteiger partial charge in [0.15, 0.2) is 11.5 Å². The number of fused-ring (bicyclic) bond motifs is 2. The molecule has 0 bridgehead atoms. The summed E-state index contributed by atoms with van der Waals surface area (Å²) in [7, 11) is 0. The van der Waals surface area contributed by atoms with Crippen LogP contribution in [0, 0.1) is 0 Å². The van der Waals surface area contributed by atoms with Crippen molar-refractivity contribution < 1.29 is 19.1 Å². The van der Waals surface area contributed by atoms with E-state index in [9.17, 15) is 9.59 Å². The molecule has 3 aliphatic heterocycles. The van der Waals surface area contributed by atoms with E-state index < -0.39 is 6.10 Å². The molecule has 0 N–H and O–H groups in total. The first-order chi connectivity index (χ1) is 15.1. The van der Waals surface area contributed by atoms with Crippen LogP contribution in [-0.2, 0) is 16.0 Å². The van der Waals surface area contributed by atoms with Crippen LogP contribution in [0.3, 0.4) is 0 Å². The Labute approximate surface area is 182 Å². The fourth-order valence-electron chi connectivity index (χ4n) is 4.64. The average molecular weight is 421 g/mol. The van der Waals surface area contributed by atoms with Gasteiger partial charge < -0.3 is 24.2 Å². The summed E-state index contributed by atoms with van der Waals surface area (Å²) in [5.74, 6) is 1.30. The van der Waals surface area contributed by atoms with E-state index in [-0.39, 0.29) is 18.4 Å². The minimum atomic E-state index is -0.640. The van der Waals surface area contributed by atoms with Crippen molar-refractivity contribution in [2.24, 2.45) is 0 Å². The number of carbonyl (C=O) groups is 2. The second-order valence-corrected chi connectivity index (χ2v) is 8.38. The number of anilines is 1. The van der Waals surface area contributed by atoms with Gasteiger partial charge in [0.25, 0.3) is 5.91 Å². The Morgan fingerprint density at radius 3 is 2.42 bits per heavy atom. The quantitative estimate of drug-likeness (QED) is 0.758. The van der Waals surface area contributed by atoms with Gasteiger partial charge in [-0.3, -0.25) is 9.59 Å². The maximum atomic E-state index is 13.0. The van der Waals surface area contributed by atoms with Crippen LogP contribution >= 0.6 is 0 Å². The van der Waals surface area contributed by atoms with Gasteiger partial charge in [-0.2, -0.15) is 0 Å². The first kappa shape index (κ1) is 19.7. The summed E-state index contributed by atoms with van der Waals surface area (Å²) in [4.78, 5) is 31.7. The molecule has 1 fully saturated rings. The molecule has 7 heteroatoms. The van der Waals surface area contributed by atoms with Gasteiger partial charge in [-0.05, 0) is 37.1 Å². The van der Waals surface area contributed by atoms with Gasteiger partial charge in [0.1, 0.15) is 6.61 Å². The summed E-state index contributed by atoms with van der Waals surface area (Å²) in [6.45, 7) is 4.85. The largest absolute Gasteiger partial charge is 0.485 e. The van der Waals surface area contributed by atoms with Crippen molar-refractivity contribution in [3.8, 4) is 11.5 Å². The number of hydrogen-bond donors (Lipinski definition) is 0. The van der Waals surface area contributed by atoms with Crippen LogP contribution in [0.2, 0.25) is 0 Å². The summed E-state index contributed by atoms with van der Waals surface area (Å²) >= 11 is 0. The predicted molar refractivity (Wildman–Crippen MR) is 116 cm³/mol. The van der Waals surface area contributed by atoms with E-state index in [0.29, 0.717) is 50.3 Å². The zero-order valence-corrected chi connectivity index (χ0v) is 17.7. The van der Waals surface area contributed by atoms with E-state index in [2.05, 4.69) is 24.0 Å². The van der Waals surface area contributed by atoms with Crippen LogP contribution in [-0.4, -0.2) is 73.1 Å². The van der Waals surface area contributed by atoms with Crippen LogP contribution in [0.15, 0.2) is 48.5 Å². The highest BCUT2D eigenvalue weighted by molar-refractivity contribution is 5.84. The predicted octanol–water partition coefficient (Wildman–Crippen LogP) is 1.95. The Bertz CT molecular complexity index is 986. The standard InChI is InChI=1S/C24H27N3O4/c1-17-14-18-6-2-3-7-19(18)27(17)15-23(28)25-10-12-26(13-11-25)24(29)22-16-30-20-8-4-5-9-21(20)31-22/h2-9,17,22H,10-16H2,1H3/t17-,22-/m1/s1. The van der Waals surface area contributed by atoms with E-state index in [4.69, 9.17) is 9.47 Å². The fraction of sp³-hybridized carbons (Fsp3) is 0.417. The molecule has 3 aliphatic rings. The highest BCUT2D eigenvalue weighted by Gasteiger charge is 2.34. The summed E-state index contributed by atoms with van der Waals surface area (Å²) in [6, 6.07) is 16.0. The first-order valence-corrected chi connectivity index (χ1v) is 10.9. The third-order valence-electron chi connectivity index (χ3n) is 6.38. The zero-order valence-electron chi connectivity index (χ0n) is 17.7. The normalized spacial score (nSPS) is 22.3. The second-order valence-electron chi connectivity index (χ2n) is 8.38. The third kappa shape index (κ3) is 3.80. The Kier molecular flexibility index (Phi) is 5.18. The lowest BCUT2D eigenvalue weighted by atomic mass is 10.1. The molecule has 1 saturated heterocycles. The van der Waals surface area contributed by atoms with Gasteiger partial charge in [-0.25, -0.2) is 0 Å². The monoisotopic (exact) mass is 421 g/mol. The Hall–Kier alpha value is -3.22. The van der Waals surface area contributed by atoms with E-state index in [0.717, 1.165) is 12.1 Å². The molecule has 0 aromatic heterocycles. The van der Waals surface area contributed by atoms with Gasteiger partial charge in [-0.1, -0.05) is 30.3 Å². The molecule has 0 unspecified atom stereocenters. The third-order valence-corrected chi connectivity index (χ3v) is 6.38. The van der Waals surface area contributed by atoms with Crippen molar-refractivity contribution in [2.45, 2.75) is 25.5 Å². The van der Waals surface area contributed by atoms with E-state index >= 15 is 0 Å². The molecule has 2 aromatic carbocycles. The van der Waals surface area contributed by atoms with Crippen molar-refractivity contribution >= 4 is 17.5 Å². The summed E-state index contributed by atoms with van der Waals surface area (Å²) in [5.41, 5.74) is 2.46. The van der Waals surface area contributed by atoms with Crippen molar-refractivity contribution in [2.75, 3.05) is 44.2 Å². The van der Waals surface area contributed by atoms with Gasteiger partial charge in [0.2, 0.25) is 12.0 Å². The number of nitrogens with zero attached hydrogens (tertiary/aromatic N) is 3. The molecular formula is C24H27N3O4. The molecule has 162 valence electrons. The molecule has 2 aromatic rings. The smallest absolute Gasteiger partial charge is 0.267 e. The highest BCUT2D eigenvalue weighted by Crippen LogP contribution is 2.32. The fourth-order valence-corrected chi connectivity index (χ4v) is 4.64. The van der Waals surface area contributed by atoms with Gasteiger partial charge in [0, 0.05) is 37.9 Å². The van der Waals surface area contributed by atoms with Crippen LogP contribution in [0.1, 0.15) is 12.5 Å². The molecule has 5 rings (SSSR count).